The van der Waals surface area contributed by atoms with Gasteiger partial charge in [-0.2, -0.15) is 0 Å². The van der Waals surface area contributed by atoms with Gasteiger partial charge in [0.15, 0.2) is 0 Å². The quantitative estimate of drug-likeness (QED) is 0.563. The number of rotatable bonds is 7. The summed E-state index contributed by atoms with van der Waals surface area (Å²) in [6.07, 6.45) is 1.45. The third-order valence-corrected chi connectivity index (χ3v) is 13.9. The predicted octanol–water partition coefficient (Wildman–Crippen LogP) is 2.95. The topological polar surface area (TPSA) is 29.5 Å². The first-order valence-electron chi connectivity index (χ1n) is 5.57. The van der Waals surface area contributed by atoms with Crippen LogP contribution in [0.15, 0.2) is 11.0 Å². The molecule has 0 aromatic heterocycles. The Balaban J connectivity index is 4.02. The van der Waals surface area contributed by atoms with Crippen LogP contribution in [0.3, 0.4) is 0 Å². The van der Waals surface area contributed by atoms with E-state index in [1.54, 1.807) is 6.92 Å². The molecule has 1 N–H and O–H groups in total. The van der Waals surface area contributed by atoms with Crippen molar-refractivity contribution in [1.82, 2.24) is 0 Å². The van der Waals surface area contributed by atoms with Crippen molar-refractivity contribution in [1.29, 1.82) is 0 Å². The van der Waals surface area contributed by atoms with Gasteiger partial charge in [0, 0.05) is 0 Å². The molecular formula is C11H24GeO2. The molecule has 0 saturated heterocycles. The van der Waals surface area contributed by atoms with Gasteiger partial charge < -0.3 is 0 Å². The standard InChI is InChI=1S/C11H24GeO2/c1-5-12(6-2,7-3)9-8-10-14-11(4)13/h8-9,11,13H,5-7,10H2,1-4H3. The molecule has 0 amide bonds. The second-order valence-corrected chi connectivity index (χ2v) is 14.6. The van der Waals surface area contributed by atoms with Crippen molar-refractivity contribution in [3.8, 4) is 0 Å². The molecule has 0 heterocycles. The Bertz CT molecular complexity index is 154. The Morgan fingerprint density at radius 2 is 1.71 bits per heavy atom. The van der Waals surface area contributed by atoms with Gasteiger partial charge in [0.25, 0.3) is 0 Å². The van der Waals surface area contributed by atoms with E-state index in [2.05, 4.69) is 31.8 Å². The molecule has 2 nitrogen and oxygen atoms in total. The van der Waals surface area contributed by atoms with Crippen molar-refractivity contribution in [2.45, 2.75) is 49.7 Å². The van der Waals surface area contributed by atoms with E-state index in [9.17, 15) is 0 Å². The summed E-state index contributed by atoms with van der Waals surface area (Å²) in [7, 11) is 0. The zero-order valence-corrected chi connectivity index (χ0v) is 12.0. The molecule has 0 bridgehead atoms. The zero-order valence-electron chi connectivity index (χ0n) is 9.92. The van der Waals surface area contributed by atoms with Crippen LogP contribution in [0.1, 0.15) is 27.7 Å². The molecule has 0 aliphatic heterocycles. The van der Waals surface area contributed by atoms with Crippen LogP contribution >= 0.6 is 0 Å². The normalized spacial score (nSPS) is 14.9. The first-order valence-corrected chi connectivity index (χ1v) is 11.2. The van der Waals surface area contributed by atoms with Crippen molar-refractivity contribution in [3.05, 3.63) is 11.0 Å². The van der Waals surface area contributed by atoms with E-state index in [0.717, 1.165) is 0 Å². The Hall–Kier alpha value is 0.203. The summed E-state index contributed by atoms with van der Waals surface area (Å²) in [5, 5.41) is 12.9. The molecule has 3 heteroatoms. The van der Waals surface area contributed by atoms with E-state index < -0.39 is 19.6 Å². The van der Waals surface area contributed by atoms with Crippen molar-refractivity contribution in [2.24, 2.45) is 0 Å². The molecule has 84 valence electrons. The molecule has 0 fully saturated rings. The number of aliphatic hydroxyl groups excluding tert-OH is 1. The van der Waals surface area contributed by atoms with Gasteiger partial charge in [-0.1, -0.05) is 0 Å². The second kappa shape index (κ2) is 7.49. The van der Waals surface area contributed by atoms with Gasteiger partial charge in [-0.25, -0.2) is 0 Å². The monoisotopic (exact) mass is 262 g/mol. The molecule has 0 saturated carbocycles. The summed E-state index contributed by atoms with van der Waals surface area (Å²) in [6, 6.07) is 0. The van der Waals surface area contributed by atoms with E-state index in [4.69, 9.17) is 9.84 Å². The number of ether oxygens (including phenoxy) is 1. The van der Waals surface area contributed by atoms with Gasteiger partial charge in [0.05, 0.1) is 0 Å². The second-order valence-electron chi connectivity index (χ2n) is 3.76. The summed E-state index contributed by atoms with van der Waals surface area (Å²) < 4.78 is 5.07. The van der Waals surface area contributed by atoms with Crippen molar-refractivity contribution in [2.75, 3.05) is 6.61 Å². The van der Waals surface area contributed by atoms with Gasteiger partial charge in [0.1, 0.15) is 0 Å². The van der Waals surface area contributed by atoms with Gasteiger partial charge in [-0.3, -0.25) is 0 Å². The minimum atomic E-state index is -1.64. The van der Waals surface area contributed by atoms with Crippen LogP contribution in [0.25, 0.3) is 0 Å². The van der Waals surface area contributed by atoms with Gasteiger partial charge in [-0.15, -0.1) is 0 Å². The molecule has 0 aromatic carbocycles. The van der Waals surface area contributed by atoms with Gasteiger partial charge in [-0.05, 0) is 0 Å². The molecular weight excluding hydrogens is 237 g/mol. The van der Waals surface area contributed by atoms with E-state index in [1.807, 2.05) is 0 Å². The summed E-state index contributed by atoms with van der Waals surface area (Å²) >= 11 is -1.64. The van der Waals surface area contributed by atoms with Crippen LogP contribution < -0.4 is 0 Å². The van der Waals surface area contributed by atoms with Crippen molar-refractivity contribution >= 4 is 13.3 Å². The molecule has 14 heavy (non-hydrogen) atoms. The van der Waals surface area contributed by atoms with E-state index in [0.29, 0.717) is 6.61 Å². The van der Waals surface area contributed by atoms with Crippen LogP contribution in [-0.4, -0.2) is 31.3 Å². The summed E-state index contributed by atoms with van der Waals surface area (Å²) in [5.74, 6) is 0. The first-order chi connectivity index (χ1) is 6.60. The van der Waals surface area contributed by atoms with Crippen LogP contribution in [-0.2, 0) is 4.74 Å². The Labute approximate surface area is 90.7 Å². The van der Waals surface area contributed by atoms with Gasteiger partial charge >= 0.3 is 90.4 Å². The average molecular weight is 261 g/mol. The molecule has 1 unspecified atom stereocenters. The van der Waals surface area contributed by atoms with Gasteiger partial charge in [0.2, 0.25) is 0 Å². The molecule has 0 aliphatic rings. The summed E-state index contributed by atoms with van der Waals surface area (Å²) in [5.41, 5.74) is 0. The molecule has 0 spiro atoms. The van der Waals surface area contributed by atoms with E-state index >= 15 is 0 Å². The maximum atomic E-state index is 8.91. The molecule has 0 aliphatic carbocycles. The molecule has 0 aromatic rings. The summed E-state index contributed by atoms with van der Waals surface area (Å²) in [4.78, 5) is 2.42. The van der Waals surface area contributed by atoms with Crippen LogP contribution in [0.5, 0.6) is 0 Å². The van der Waals surface area contributed by atoms with Crippen molar-refractivity contribution < 1.29 is 9.84 Å². The SMILES string of the molecule is C[CH2][Ge]([CH]=CCOC(C)O)([CH2]C)[CH2]C. The molecule has 0 rings (SSSR count). The van der Waals surface area contributed by atoms with Crippen LogP contribution in [0.2, 0.25) is 15.8 Å². The average Bonchev–Trinajstić information content (AvgIpc) is 2.19. The fourth-order valence-corrected chi connectivity index (χ4v) is 7.48. The van der Waals surface area contributed by atoms with E-state index in [1.165, 1.54) is 15.8 Å². The fraction of sp³-hybridized carbons (Fsp3) is 0.818. The Morgan fingerprint density at radius 3 is 2.07 bits per heavy atom. The third-order valence-electron chi connectivity index (χ3n) is 3.02. The number of hydrogen-bond donors (Lipinski definition) is 1. The summed E-state index contributed by atoms with van der Waals surface area (Å²) in [6.45, 7) is 9.08. The maximum absolute atomic E-state index is 8.91. The zero-order chi connectivity index (χ0) is 11.0. The molecule has 1 atom stereocenters. The Kier molecular flexibility index (Phi) is 7.60. The minimum absolute atomic E-state index is 0.546. The third kappa shape index (κ3) is 5.18. The van der Waals surface area contributed by atoms with Crippen molar-refractivity contribution in [3.63, 3.8) is 0 Å². The predicted molar refractivity (Wildman–Crippen MR) is 64.0 cm³/mol. The fourth-order valence-electron chi connectivity index (χ4n) is 1.60. The first kappa shape index (κ1) is 14.2. The number of aliphatic hydroxyl groups is 1. The van der Waals surface area contributed by atoms with E-state index in [-0.39, 0.29) is 0 Å². The molecule has 0 radical (unpaired) electrons. The van der Waals surface area contributed by atoms with Crippen LogP contribution in [0.4, 0.5) is 0 Å². The number of hydrogen-bond acceptors (Lipinski definition) is 2. The Morgan fingerprint density at radius 1 is 1.21 bits per heavy atom. The van der Waals surface area contributed by atoms with Crippen LogP contribution in [0, 0.1) is 0 Å².